The maximum absolute atomic E-state index is 5.66. The predicted molar refractivity (Wildman–Crippen MR) is 72.9 cm³/mol. The number of hydrogen-bond acceptors (Lipinski definition) is 4. The first kappa shape index (κ1) is 13.0. The van der Waals surface area contributed by atoms with Crippen LogP contribution in [0.2, 0.25) is 0 Å². The van der Waals surface area contributed by atoms with Crippen LogP contribution < -0.4 is 11.3 Å². The predicted octanol–water partition coefficient (Wildman–Crippen LogP) is 2.16. The van der Waals surface area contributed by atoms with Crippen molar-refractivity contribution >= 4 is 10.9 Å². The summed E-state index contributed by atoms with van der Waals surface area (Å²) in [4.78, 5) is 4.31. The SMILES string of the molecule is CCC(OC)C(NN)c1ccc2ncccc2c1. The standard InChI is InChI=1S/C14H19N3O/c1-3-13(18-2)14(17-15)11-6-7-12-10(9-11)5-4-8-16-12/h4-9,13-14,17H,3,15H2,1-2H3. The number of pyridine rings is 1. The lowest BCUT2D eigenvalue weighted by molar-refractivity contribution is 0.0651. The average Bonchev–Trinajstić information content (AvgIpc) is 2.44. The van der Waals surface area contributed by atoms with E-state index >= 15 is 0 Å². The molecule has 1 aromatic carbocycles. The van der Waals surface area contributed by atoms with Crippen molar-refractivity contribution in [2.24, 2.45) is 5.84 Å². The number of hydrogen-bond donors (Lipinski definition) is 2. The van der Waals surface area contributed by atoms with Gasteiger partial charge in [-0.25, -0.2) is 0 Å². The number of nitrogens with zero attached hydrogens (tertiary/aromatic N) is 1. The zero-order valence-electron chi connectivity index (χ0n) is 10.8. The zero-order chi connectivity index (χ0) is 13.0. The van der Waals surface area contributed by atoms with E-state index < -0.39 is 0 Å². The molecule has 2 unspecified atom stereocenters. The Hall–Kier alpha value is -1.49. The smallest absolute Gasteiger partial charge is 0.0776 e. The van der Waals surface area contributed by atoms with Gasteiger partial charge in [-0.3, -0.25) is 16.3 Å². The Bertz CT molecular complexity index is 511. The molecule has 0 amide bonds. The number of benzene rings is 1. The topological polar surface area (TPSA) is 60.2 Å². The molecule has 4 heteroatoms. The van der Waals surface area contributed by atoms with Crippen LogP contribution in [0, 0.1) is 0 Å². The highest BCUT2D eigenvalue weighted by atomic mass is 16.5. The zero-order valence-corrected chi connectivity index (χ0v) is 10.8. The highest BCUT2D eigenvalue weighted by molar-refractivity contribution is 5.79. The van der Waals surface area contributed by atoms with Crippen LogP contribution in [0.5, 0.6) is 0 Å². The van der Waals surface area contributed by atoms with Gasteiger partial charge in [0.05, 0.1) is 17.7 Å². The number of ether oxygens (including phenoxy) is 1. The molecule has 0 saturated carbocycles. The van der Waals surface area contributed by atoms with Crippen molar-refractivity contribution in [3.05, 3.63) is 42.1 Å². The van der Waals surface area contributed by atoms with Gasteiger partial charge in [0.15, 0.2) is 0 Å². The molecule has 1 aromatic heterocycles. The molecule has 0 saturated heterocycles. The molecule has 0 aliphatic rings. The summed E-state index contributed by atoms with van der Waals surface area (Å²) in [7, 11) is 1.71. The van der Waals surface area contributed by atoms with E-state index in [4.69, 9.17) is 10.6 Å². The molecule has 0 fully saturated rings. The minimum atomic E-state index is -0.00962. The van der Waals surface area contributed by atoms with Crippen molar-refractivity contribution in [3.63, 3.8) is 0 Å². The van der Waals surface area contributed by atoms with Gasteiger partial charge in [-0.2, -0.15) is 0 Å². The van der Waals surface area contributed by atoms with E-state index in [1.165, 1.54) is 0 Å². The highest BCUT2D eigenvalue weighted by Gasteiger charge is 2.20. The molecular formula is C14H19N3O. The summed E-state index contributed by atoms with van der Waals surface area (Å²) >= 11 is 0. The van der Waals surface area contributed by atoms with E-state index in [-0.39, 0.29) is 12.1 Å². The quantitative estimate of drug-likeness (QED) is 0.626. The molecule has 2 aromatic rings. The van der Waals surface area contributed by atoms with Gasteiger partial charge in [-0.1, -0.05) is 19.1 Å². The van der Waals surface area contributed by atoms with E-state index in [1.54, 1.807) is 13.3 Å². The van der Waals surface area contributed by atoms with Crippen molar-refractivity contribution in [2.45, 2.75) is 25.5 Å². The summed E-state index contributed by atoms with van der Waals surface area (Å²) in [6, 6.07) is 10.1. The van der Waals surface area contributed by atoms with Crippen molar-refractivity contribution in [1.82, 2.24) is 10.4 Å². The van der Waals surface area contributed by atoms with Crippen LogP contribution in [0.1, 0.15) is 24.9 Å². The summed E-state index contributed by atoms with van der Waals surface area (Å²) in [6.45, 7) is 2.08. The molecule has 18 heavy (non-hydrogen) atoms. The summed E-state index contributed by atoms with van der Waals surface area (Å²) in [6.07, 6.45) is 2.75. The normalized spacial score (nSPS) is 14.6. The number of aromatic nitrogens is 1. The second-order valence-electron chi connectivity index (χ2n) is 4.28. The van der Waals surface area contributed by atoms with Gasteiger partial charge in [0.2, 0.25) is 0 Å². The van der Waals surface area contributed by atoms with E-state index in [9.17, 15) is 0 Å². The molecule has 2 rings (SSSR count). The van der Waals surface area contributed by atoms with Gasteiger partial charge in [0.25, 0.3) is 0 Å². The number of methoxy groups -OCH3 is 1. The van der Waals surface area contributed by atoms with E-state index in [0.29, 0.717) is 0 Å². The molecule has 0 radical (unpaired) electrons. The number of hydrazine groups is 1. The molecule has 1 heterocycles. The summed E-state index contributed by atoms with van der Waals surface area (Å²) < 4.78 is 5.46. The van der Waals surface area contributed by atoms with Crippen LogP contribution >= 0.6 is 0 Å². The van der Waals surface area contributed by atoms with Crippen LogP contribution in [0.15, 0.2) is 36.5 Å². The Morgan fingerprint density at radius 3 is 2.89 bits per heavy atom. The fourth-order valence-electron chi connectivity index (χ4n) is 2.24. The van der Waals surface area contributed by atoms with Gasteiger partial charge in [0.1, 0.15) is 0 Å². The summed E-state index contributed by atoms with van der Waals surface area (Å²) in [5.41, 5.74) is 4.95. The minimum Gasteiger partial charge on any atom is -0.379 e. The molecule has 4 nitrogen and oxygen atoms in total. The fraction of sp³-hybridized carbons (Fsp3) is 0.357. The molecule has 3 N–H and O–H groups in total. The monoisotopic (exact) mass is 245 g/mol. The van der Waals surface area contributed by atoms with Gasteiger partial charge in [0, 0.05) is 18.7 Å². The van der Waals surface area contributed by atoms with E-state index in [0.717, 1.165) is 22.9 Å². The summed E-state index contributed by atoms with van der Waals surface area (Å²) in [5, 5.41) is 1.11. The van der Waals surface area contributed by atoms with Crippen LogP contribution in [0.25, 0.3) is 10.9 Å². The van der Waals surface area contributed by atoms with Crippen molar-refractivity contribution in [1.29, 1.82) is 0 Å². The van der Waals surface area contributed by atoms with Crippen molar-refractivity contribution < 1.29 is 4.74 Å². The third-order valence-corrected chi connectivity index (χ3v) is 3.24. The molecule has 2 atom stereocenters. The minimum absolute atomic E-state index is 0.00962. The van der Waals surface area contributed by atoms with Gasteiger partial charge >= 0.3 is 0 Å². The maximum Gasteiger partial charge on any atom is 0.0776 e. The van der Waals surface area contributed by atoms with Gasteiger partial charge < -0.3 is 4.74 Å². The van der Waals surface area contributed by atoms with Gasteiger partial charge in [-0.15, -0.1) is 0 Å². The van der Waals surface area contributed by atoms with Crippen LogP contribution in [-0.4, -0.2) is 18.2 Å². The molecule has 0 aliphatic heterocycles. The average molecular weight is 245 g/mol. The molecule has 0 spiro atoms. The summed E-state index contributed by atoms with van der Waals surface area (Å²) in [5.74, 6) is 5.66. The first-order chi connectivity index (χ1) is 8.80. The maximum atomic E-state index is 5.66. The molecule has 96 valence electrons. The van der Waals surface area contributed by atoms with E-state index in [1.807, 2.05) is 24.3 Å². The Morgan fingerprint density at radius 2 is 2.22 bits per heavy atom. The first-order valence-corrected chi connectivity index (χ1v) is 6.13. The lowest BCUT2D eigenvalue weighted by Crippen LogP contribution is -2.37. The molecular weight excluding hydrogens is 226 g/mol. The molecule has 0 aliphatic carbocycles. The molecule has 0 bridgehead atoms. The number of rotatable bonds is 5. The Kier molecular flexibility index (Phi) is 4.25. The van der Waals surface area contributed by atoms with Gasteiger partial charge in [-0.05, 0) is 30.2 Å². The fourth-order valence-corrected chi connectivity index (χ4v) is 2.24. The van der Waals surface area contributed by atoms with E-state index in [2.05, 4.69) is 23.4 Å². The Morgan fingerprint density at radius 1 is 1.39 bits per heavy atom. The Balaban J connectivity index is 2.39. The van der Waals surface area contributed by atoms with Crippen LogP contribution in [-0.2, 0) is 4.74 Å². The third kappa shape index (κ3) is 2.51. The number of nitrogens with two attached hydrogens (primary N) is 1. The lowest BCUT2D eigenvalue weighted by atomic mass is 9.98. The second kappa shape index (κ2) is 5.91. The highest BCUT2D eigenvalue weighted by Crippen LogP contribution is 2.23. The van der Waals surface area contributed by atoms with Crippen molar-refractivity contribution in [3.8, 4) is 0 Å². The largest absolute Gasteiger partial charge is 0.379 e. The number of fused-ring (bicyclic) bond motifs is 1. The Labute approximate surface area is 107 Å². The number of nitrogens with one attached hydrogen (secondary N) is 1. The second-order valence-corrected chi connectivity index (χ2v) is 4.28. The van der Waals surface area contributed by atoms with Crippen LogP contribution in [0.3, 0.4) is 0 Å². The van der Waals surface area contributed by atoms with Crippen LogP contribution in [0.4, 0.5) is 0 Å². The lowest BCUT2D eigenvalue weighted by Gasteiger charge is -2.24. The van der Waals surface area contributed by atoms with Crippen molar-refractivity contribution in [2.75, 3.05) is 7.11 Å². The first-order valence-electron chi connectivity index (χ1n) is 6.13. The third-order valence-electron chi connectivity index (χ3n) is 3.24.